The first-order valence-corrected chi connectivity index (χ1v) is 6.43. The third-order valence-corrected chi connectivity index (χ3v) is 3.32. The molecule has 0 atom stereocenters. The molecule has 3 rings (SSSR count). The molecule has 0 saturated carbocycles. The average Bonchev–Trinajstić information content (AvgIpc) is 2.88. The Morgan fingerprint density at radius 2 is 1.92 bits per heavy atom. The quantitative estimate of drug-likeness (QED) is 0.735. The fourth-order valence-corrected chi connectivity index (χ4v) is 2.22. The van der Waals surface area contributed by atoms with Gasteiger partial charge in [0, 0.05) is 17.0 Å². The van der Waals surface area contributed by atoms with E-state index in [1.807, 2.05) is 0 Å². The third kappa shape index (κ3) is 2.47. The van der Waals surface area contributed by atoms with Gasteiger partial charge in [-0.1, -0.05) is 0 Å². The zero-order valence-electron chi connectivity index (χ0n) is 11.7. The van der Waals surface area contributed by atoms with Crippen molar-refractivity contribution in [3.63, 3.8) is 0 Å². The van der Waals surface area contributed by atoms with Gasteiger partial charge in [-0.15, -0.1) is 0 Å². The highest BCUT2D eigenvalue weighted by atomic mass is 19.4. The smallest absolute Gasteiger partial charge is 0.431 e. The highest BCUT2D eigenvalue weighted by Crippen LogP contribution is 2.27. The van der Waals surface area contributed by atoms with Gasteiger partial charge < -0.3 is 15.1 Å². The van der Waals surface area contributed by atoms with Crippen LogP contribution in [0.1, 0.15) is 16.1 Å². The van der Waals surface area contributed by atoms with Crippen LogP contribution in [0.15, 0.2) is 44.5 Å². The molecule has 1 amide bonds. The van der Waals surface area contributed by atoms with Crippen LogP contribution in [0.5, 0.6) is 0 Å². The number of H-pyrrole nitrogens is 1. The topological polar surface area (TPSA) is 111 Å². The van der Waals surface area contributed by atoms with Gasteiger partial charge in [-0.05, 0) is 18.2 Å². The minimum atomic E-state index is -4.87. The predicted octanol–water partition coefficient (Wildman–Crippen LogP) is 1.39. The summed E-state index contributed by atoms with van der Waals surface area (Å²) in [6.07, 6.45) is -3.84. The number of nitrogens with two attached hydrogens (primary N) is 1. The molecule has 2 heterocycles. The van der Waals surface area contributed by atoms with Gasteiger partial charge in [-0.25, -0.2) is 9.36 Å². The molecule has 2 aromatic heterocycles. The molecule has 124 valence electrons. The number of rotatable bonds is 2. The number of hydrogen-bond donors (Lipinski definition) is 2. The second-order valence-corrected chi connectivity index (χ2v) is 4.86. The van der Waals surface area contributed by atoms with Gasteiger partial charge in [0.15, 0.2) is 0 Å². The molecule has 0 radical (unpaired) electrons. The van der Waals surface area contributed by atoms with E-state index >= 15 is 0 Å². The molecule has 0 saturated heterocycles. The number of amides is 1. The summed E-state index contributed by atoms with van der Waals surface area (Å²) in [7, 11) is 0. The summed E-state index contributed by atoms with van der Waals surface area (Å²) < 4.78 is 43.5. The van der Waals surface area contributed by atoms with Gasteiger partial charge in [0.25, 0.3) is 5.56 Å². The van der Waals surface area contributed by atoms with Crippen LogP contribution in [-0.2, 0) is 6.18 Å². The highest BCUT2D eigenvalue weighted by molar-refractivity contribution is 5.98. The Morgan fingerprint density at radius 3 is 2.50 bits per heavy atom. The number of carbonyl (C=O) groups excluding carboxylic acids is 1. The maximum absolute atomic E-state index is 12.6. The molecule has 3 N–H and O–H groups in total. The molecule has 0 aliphatic heterocycles. The van der Waals surface area contributed by atoms with E-state index in [0.717, 1.165) is 6.26 Å². The van der Waals surface area contributed by atoms with Gasteiger partial charge in [0.05, 0.1) is 5.69 Å². The lowest BCUT2D eigenvalue weighted by Crippen LogP contribution is -2.35. The summed E-state index contributed by atoms with van der Waals surface area (Å²) in [5.41, 5.74) is 1.42. The van der Waals surface area contributed by atoms with E-state index in [9.17, 15) is 27.6 Å². The largest absolute Gasteiger partial charge is 0.462 e. The second-order valence-electron chi connectivity index (χ2n) is 4.86. The number of halogens is 3. The van der Waals surface area contributed by atoms with Crippen molar-refractivity contribution in [3.05, 3.63) is 62.6 Å². The highest BCUT2D eigenvalue weighted by Gasteiger charge is 2.33. The van der Waals surface area contributed by atoms with Crippen molar-refractivity contribution >= 4 is 16.9 Å². The van der Waals surface area contributed by atoms with E-state index in [0.29, 0.717) is 4.57 Å². The number of nitrogens with one attached hydrogen (secondary N) is 1. The van der Waals surface area contributed by atoms with E-state index < -0.39 is 29.0 Å². The number of benzene rings is 1. The summed E-state index contributed by atoms with van der Waals surface area (Å²) in [6.45, 7) is 0. The Bertz CT molecular complexity index is 1040. The fraction of sp³-hybridized carbons (Fsp3) is 0.0714. The van der Waals surface area contributed by atoms with Crippen LogP contribution < -0.4 is 17.0 Å². The monoisotopic (exact) mass is 339 g/mol. The Morgan fingerprint density at radius 1 is 1.21 bits per heavy atom. The SMILES string of the molecule is NC(=O)c1ccc2occ(-n3c(=O)cc(C(F)(F)F)[nH]c3=O)c2c1. The van der Waals surface area contributed by atoms with E-state index in [4.69, 9.17) is 10.2 Å². The lowest BCUT2D eigenvalue weighted by molar-refractivity contribution is -0.141. The molecule has 0 aliphatic carbocycles. The number of fused-ring (bicyclic) bond motifs is 1. The van der Waals surface area contributed by atoms with Crippen LogP contribution >= 0.6 is 0 Å². The number of primary amides is 1. The molecule has 0 aliphatic rings. The van der Waals surface area contributed by atoms with E-state index in [1.165, 1.54) is 18.2 Å². The number of hydrogen-bond acceptors (Lipinski definition) is 4. The minimum absolute atomic E-state index is 0.0848. The van der Waals surface area contributed by atoms with Crippen LogP contribution in [0, 0.1) is 0 Å². The molecule has 7 nitrogen and oxygen atoms in total. The van der Waals surface area contributed by atoms with Crippen molar-refractivity contribution in [3.8, 4) is 5.69 Å². The van der Waals surface area contributed by atoms with Crippen LogP contribution in [0.3, 0.4) is 0 Å². The Labute approximate surface area is 130 Å². The summed E-state index contributed by atoms with van der Waals surface area (Å²) in [4.78, 5) is 36.8. The molecule has 0 fully saturated rings. The molecular weight excluding hydrogens is 331 g/mol. The zero-order chi connectivity index (χ0) is 17.6. The normalized spacial score (nSPS) is 11.8. The van der Waals surface area contributed by atoms with E-state index in [1.54, 1.807) is 4.98 Å². The van der Waals surface area contributed by atoms with Crippen LogP contribution in [0.2, 0.25) is 0 Å². The van der Waals surface area contributed by atoms with Gasteiger partial charge in [0.1, 0.15) is 17.5 Å². The maximum Gasteiger partial charge on any atom is 0.431 e. The number of furan rings is 1. The molecule has 0 unspecified atom stereocenters. The van der Waals surface area contributed by atoms with Crippen molar-refractivity contribution in [1.82, 2.24) is 9.55 Å². The summed E-state index contributed by atoms with van der Waals surface area (Å²) in [6, 6.07) is 4.30. The standard InChI is InChI=1S/C14H8F3N3O4/c15-14(16,17)10-4-11(21)20(13(23)19-10)8-5-24-9-2-1-6(12(18)22)3-7(8)9/h1-5H,(H2,18,22)(H,19,23). The predicted molar refractivity (Wildman–Crippen MR) is 76.0 cm³/mol. The molecule has 24 heavy (non-hydrogen) atoms. The number of carbonyl (C=O) groups is 1. The van der Waals surface area contributed by atoms with Crippen LogP contribution in [0.4, 0.5) is 13.2 Å². The van der Waals surface area contributed by atoms with Gasteiger partial charge in [0.2, 0.25) is 5.91 Å². The Balaban J connectivity index is 2.29. The van der Waals surface area contributed by atoms with Crippen molar-refractivity contribution in [1.29, 1.82) is 0 Å². The first-order chi connectivity index (χ1) is 11.2. The van der Waals surface area contributed by atoms with Crippen molar-refractivity contribution in [2.24, 2.45) is 5.73 Å². The van der Waals surface area contributed by atoms with Crippen LogP contribution in [-0.4, -0.2) is 15.5 Å². The van der Waals surface area contributed by atoms with Gasteiger partial charge in [-0.3, -0.25) is 9.59 Å². The number of aromatic nitrogens is 2. The second kappa shape index (κ2) is 5.11. The molecule has 0 spiro atoms. The summed E-state index contributed by atoms with van der Waals surface area (Å²) in [5, 5.41) is 0.179. The molecular formula is C14H8F3N3O4. The minimum Gasteiger partial charge on any atom is -0.462 e. The van der Waals surface area contributed by atoms with Crippen LogP contribution in [0.25, 0.3) is 16.7 Å². The van der Waals surface area contributed by atoms with Crippen molar-refractivity contribution < 1.29 is 22.4 Å². The van der Waals surface area contributed by atoms with Crippen molar-refractivity contribution in [2.75, 3.05) is 0 Å². The zero-order valence-corrected chi connectivity index (χ0v) is 11.7. The van der Waals surface area contributed by atoms with Gasteiger partial charge in [-0.2, -0.15) is 13.2 Å². The molecule has 0 bridgehead atoms. The Hall–Kier alpha value is -3.30. The summed E-state index contributed by atoms with van der Waals surface area (Å²) >= 11 is 0. The first kappa shape index (κ1) is 15.6. The van der Waals surface area contributed by atoms with E-state index in [2.05, 4.69) is 0 Å². The third-order valence-electron chi connectivity index (χ3n) is 3.32. The maximum atomic E-state index is 12.6. The number of alkyl halides is 3. The van der Waals surface area contributed by atoms with E-state index in [-0.39, 0.29) is 28.3 Å². The number of nitrogens with zero attached hydrogens (tertiary/aromatic N) is 1. The molecule has 3 aromatic rings. The lowest BCUT2D eigenvalue weighted by Gasteiger charge is -2.08. The van der Waals surface area contributed by atoms with Gasteiger partial charge >= 0.3 is 11.9 Å². The lowest BCUT2D eigenvalue weighted by atomic mass is 10.1. The Kier molecular flexibility index (Phi) is 3.32. The molecule has 10 heteroatoms. The first-order valence-electron chi connectivity index (χ1n) is 6.43. The summed E-state index contributed by atoms with van der Waals surface area (Å²) in [5.74, 6) is -0.752. The fourth-order valence-electron chi connectivity index (χ4n) is 2.22. The average molecular weight is 339 g/mol. The number of aromatic amines is 1. The van der Waals surface area contributed by atoms with Crippen molar-refractivity contribution in [2.45, 2.75) is 6.18 Å². The molecule has 1 aromatic carbocycles.